The molecule has 0 aliphatic carbocycles. The third-order valence-electron chi connectivity index (χ3n) is 4.74. The van der Waals surface area contributed by atoms with E-state index >= 15 is 0 Å². The summed E-state index contributed by atoms with van der Waals surface area (Å²) < 4.78 is 2.09. The Morgan fingerprint density at radius 2 is 2.19 bits per heavy atom. The van der Waals surface area contributed by atoms with Gasteiger partial charge in [-0.1, -0.05) is 6.07 Å². The summed E-state index contributed by atoms with van der Waals surface area (Å²) in [6.07, 6.45) is 2.78. The molecule has 6 heteroatoms. The quantitative estimate of drug-likeness (QED) is 0.790. The summed E-state index contributed by atoms with van der Waals surface area (Å²) >= 11 is 0. The molecule has 130 valence electrons. The van der Waals surface area contributed by atoms with Crippen molar-refractivity contribution in [2.45, 2.75) is 26.4 Å². The number of fused-ring (bicyclic) bond motifs is 1. The summed E-state index contributed by atoms with van der Waals surface area (Å²) in [6, 6.07) is 13.8. The summed E-state index contributed by atoms with van der Waals surface area (Å²) in [5.74, 6) is 0.674. The Balaban J connectivity index is 1.59. The van der Waals surface area contributed by atoms with Crippen LogP contribution in [0.4, 0.5) is 0 Å². The van der Waals surface area contributed by atoms with Crippen LogP contribution in [-0.4, -0.2) is 26.0 Å². The van der Waals surface area contributed by atoms with Crippen LogP contribution >= 0.6 is 0 Å². The number of nitriles is 1. The number of aryl methyl sites for hydroxylation is 1. The molecule has 0 bridgehead atoms. The number of rotatable bonds is 3. The van der Waals surface area contributed by atoms with Gasteiger partial charge in [0.1, 0.15) is 5.82 Å². The lowest BCUT2D eigenvalue weighted by molar-refractivity contribution is 0.237. The smallest absolute Gasteiger partial charge is 0.255 e. The minimum atomic E-state index is -0.0331. The third-order valence-corrected chi connectivity index (χ3v) is 4.74. The highest BCUT2D eigenvalue weighted by Gasteiger charge is 2.21. The SMILES string of the molecule is Cc1nc2c(c(=O)[nH]1)CN(Cc1cccn1-c1cccc(C#N)c1)CC2. The number of aromatic amines is 1. The first-order valence-corrected chi connectivity index (χ1v) is 8.62. The number of aromatic nitrogens is 3. The van der Waals surface area contributed by atoms with Crippen molar-refractivity contribution in [3.05, 3.63) is 81.3 Å². The summed E-state index contributed by atoms with van der Waals surface area (Å²) in [4.78, 5) is 21.8. The summed E-state index contributed by atoms with van der Waals surface area (Å²) in [6.45, 7) is 4.01. The topological polar surface area (TPSA) is 77.7 Å². The molecule has 0 unspecified atom stereocenters. The first-order valence-electron chi connectivity index (χ1n) is 8.62. The number of hydrogen-bond donors (Lipinski definition) is 1. The van der Waals surface area contributed by atoms with Crippen LogP contribution in [-0.2, 0) is 19.5 Å². The van der Waals surface area contributed by atoms with Crippen LogP contribution in [0.2, 0.25) is 0 Å². The second kappa shape index (κ2) is 6.62. The number of H-pyrrole nitrogens is 1. The molecule has 0 radical (unpaired) electrons. The van der Waals surface area contributed by atoms with Crippen molar-refractivity contribution in [1.29, 1.82) is 5.26 Å². The monoisotopic (exact) mass is 345 g/mol. The van der Waals surface area contributed by atoms with E-state index in [2.05, 4.69) is 31.6 Å². The Labute approximate surface area is 151 Å². The van der Waals surface area contributed by atoms with E-state index in [1.54, 1.807) is 6.07 Å². The molecular formula is C20H19N5O. The van der Waals surface area contributed by atoms with Crippen molar-refractivity contribution in [2.24, 2.45) is 0 Å². The zero-order chi connectivity index (χ0) is 18.1. The second-order valence-electron chi connectivity index (χ2n) is 6.57. The number of nitrogens with zero attached hydrogens (tertiary/aromatic N) is 4. The zero-order valence-electron chi connectivity index (χ0n) is 14.6. The molecule has 1 aliphatic heterocycles. The standard InChI is InChI=1S/C20H19N5O/c1-14-22-19-7-9-24(13-18(19)20(26)23-14)12-17-6-3-8-25(17)16-5-2-4-15(10-16)11-21/h2-6,8,10H,7,9,12-13H2,1H3,(H,22,23,26). The van der Waals surface area contributed by atoms with Crippen molar-refractivity contribution in [3.63, 3.8) is 0 Å². The third kappa shape index (κ3) is 3.05. The molecule has 1 aromatic carbocycles. The van der Waals surface area contributed by atoms with Crippen LogP contribution in [0.5, 0.6) is 0 Å². The van der Waals surface area contributed by atoms with Gasteiger partial charge in [0.25, 0.3) is 5.56 Å². The number of benzene rings is 1. The Morgan fingerprint density at radius 3 is 3.04 bits per heavy atom. The van der Waals surface area contributed by atoms with Crippen LogP contribution in [0.3, 0.4) is 0 Å². The van der Waals surface area contributed by atoms with Crippen molar-refractivity contribution in [1.82, 2.24) is 19.4 Å². The van der Waals surface area contributed by atoms with Gasteiger partial charge in [-0.25, -0.2) is 4.98 Å². The van der Waals surface area contributed by atoms with Crippen LogP contribution < -0.4 is 5.56 Å². The largest absolute Gasteiger partial charge is 0.320 e. The van der Waals surface area contributed by atoms with E-state index in [9.17, 15) is 4.79 Å². The van der Waals surface area contributed by atoms with E-state index in [1.165, 1.54) is 0 Å². The van der Waals surface area contributed by atoms with Gasteiger partial charge in [-0.3, -0.25) is 9.69 Å². The molecule has 4 rings (SSSR count). The van der Waals surface area contributed by atoms with E-state index < -0.39 is 0 Å². The summed E-state index contributed by atoms with van der Waals surface area (Å²) in [5.41, 5.74) is 4.39. The van der Waals surface area contributed by atoms with E-state index in [0.29, 0.717) is 17.9 Å². The molecule has 6 nitrogen and oxygen atoms in total. The molecule has 2 aromatic heterocycles. The summed E-state index contributed by atoms with van der Waals surface area (Å²) in [5, 5.41) is 9.12. The van der Waals surface area contributed by atoms with E-state index in [1.807, 2.05) is 37.4 Å². The van der Waals surface area contributed by atoms with Crippen molar-refractivity contribution < 1.29 is 0 Å². The molecule has 0 fully saturated rings. The maximum atomic E-state index is 12.2. The average molecular weight is 345 g/mol. The highest BCUT2D eigenvalue weighted by molar-refractivity contribution is 5.42. The normalized spacial score (nSPS) is 14.0. The molecular weight excluding hydrogens is 326 g/mol. The van der Waals surface area contributed by atoms with Gasteiger partial charge in [-0.15, -0.1) is 0 Å². The van der Waals surface area contributed by atoms with Crippen LogP contribution in [0.1, 0.15) is 28.3 Å². The maximum Gasteiger partial charge on any atom is 0.255 e. The van der Waals surface area contributed by atoms with Crippen molar-refractivity contribution in [3.8, 4) is 11.8 Å². The van der Waals surface area contributed by atoms with Crippen LogP contribution in [0.15, 0.2) is 47.4 Å². The predicted molar refractivity (Wildman–Crippen MR) is 97.9 cm³/mol. The highest BCUT2D eigenvalue weighted by Crippen LogP contribution is 2.19. The molecule has 3 aromatic rings. The Bertz CT molecular complexity index is 1060. The Hall–Kier alpha value is -3.17. The van der Waals surface area contributed by atoms with E-state index in [0.717, 1.165) is 42.1 Å². The molecule has 0 saturated heterocycles. The van der Waals surface area contributed by atoms with E-state index in [4.69, 9.17) is 5.26 Å². The van der Waals surface area contributed by atoms with Gasteiger partial charge in [0.05, 0.1) is 22.9 Å². The van der Waals surface area contributed by atoms with Gasteiger partial charge in [0.2, 0.25) is 0 Å². The van der Waals surface area contributed by atoms with Crippen LogP contribution in [0, 0.1) is 18.3 Å². The molecule has 1 aliphatic rings. The second-order valence-corrected chi connectivity index (χ2v) is 6.57. The molecule has 1 N–H and O–H groups in total. The lowest BCUT2D eigenvalue weighted by atomic mass is 10.1. The molecule has 0 spiro atoms. The van der Waals surface area contributed by atoms with Crippen molar-refractivity contribution >= 4 is 0 Å². The zero-order valence-corrected chi connectivity index (χ0v) is 14.6. The molecule has 0 amide bonds. The maximum absolute atomic E-state index is 12.2. The van der Waals surface area contributed by atoms with Crippen molar-refractivity contribution in [2.75, 3.05) is 6.54 Å². The Kier molecular flexibility index (Phi) is 4.15. The van der Waals surface area contributed by atoms with Gasteiger partial charge < -0.3 is 9.55 Å². The minimum Gasteiger partial charge on any atom is -0.320 e. The fourth-order valence-electron chi connectivity index (χ4n) is 3.49. The first-order chi connectivity index (χ1) is 12.6. The molecule has 0 atom stereocenters. The van der Waals surface area contributed by atoms with E-state index in [-0.39, 0.29) is 5.56 Å². The lowest BCUT2D eigenvalue weighted by Gasteiger charge is -2.28. The van der Waals surface area contributed by atoms with Gasteiger partial charge in [0, 0.05) is 43.6 Å². The van der Waals surface area contributed by atoms with Gasteiger partial charge in [0.15, 0.2) is 0 Å². The Morgan fingerprint density at radius 1 is 1.31 bits per heavy atom. The summed E-state index contributed by atoms with van der Waals surface area (Å²) in [7, 11) is 0. The molecule has 26 heavy (non-hydrogen) atoms. The van der Waals surface area contributed by atoms with Crippen LogP contribution in [0.25, 0.3) is 5.69 Å². The minimum absolute atomic E-state index is 0.0331. The van der Waals surface area contributed by atoms with Gasteiger partial charge in [-0.2, -0.15) is 5.26 Å². The molecule has 0 saturated carbocycles. The fourth-order valence-corrected chi connectivity index (χ4v) is 3.49. The highest BCUT2D eigenvalue weighted by atomic mass is 16.1. The number of nitrogens with one attached hydrogen (secondary N) is 1. The number of hydrogen-bond acceptors (Lipinski definition) is 4. The fraction of sp³-hybridized carbons (Fsp3) is 0.250. The van der Waals surface area contributed by atoms with Gasteiger partial charge in [-0.05, 0) is 37.3 Å². The average Bonchev–Trinajstić information content (AvgIpc) is 3.10. The van der Waals surface area contributed by atoms with Gasteiger partial charge >= 0.3 is 0 Å². The molecule has 3 heterocycles. The first kappa shape index (κ1) is 16.3. The lowest BCUT2D eigenvalue weighted by Crippen LogP contribution is -2.36. The predicted octanol–water partition coefficient (Wildman–Crippen LogP) is 2.30.